The lowest BCUT2D eigenvalue weighted by Crippen LogP contribution is -2.69. The van der Waals surface area contributed by atoms with Crippen molar-refractivity contribution in [2.24, 2.45) is 5.92 Å². The highest BCUT2D eigenvalue weighted by molar-refractivity contribution is 7.86. The van der Waals surface area contributed by atoms with E-state index in [1.807, 2.05) is 11.8 Å². The molecule has 3 fully saturated rings. The van der Waals surface area contributed by atoms with Gasteiger partial charge in [0, 0.05) is 5.92 Å². The summed E-state index contributed by atoms with van der Waals surface area (Å²) in [7, 11) is -3.95. The van der Waals surface area contributed by atoms with Gasteiger partial charge in [0.2, 0.25) is 0 Å². The molecule has 2 bridgehead atoms. The number of carbonyl (C=O) groups excluding carboxylic acids is 1. The van der Waals surface area contributed by atoms with E-state index in [9.17, 15) is 18.3 Å². The molecule has 0 saturated carbocycles. The summed E-state index contributed by atoms with van der Waals surface area (Å²) in [6.45, 7) is 2.47. The number of hydrogen-bond donors (Lipinski definition) is 1. The van der Waals surface area contributed by atoms with Crippen LogP contribution in [0.2, 0.25) is 0 Å². The van der Waals surface area contributed by atoms with E-state index in [1.165, 1.54) is 12.1 Å². The van der Waals surface area contributed by atoms with Crippen molar-refractivity contribution in [3.8, 4) is 0 Å². The van der Waals surface area contributed by atoms with Crippen molar-refractivity contribution in [3.63, 3.8) is 0 Å². The van der Waals surface area contributed by atoms with E-state index < -0.39 is 22.3 Å². The maximum absolute atomic E-state index is 12.6. The van der Waals surface area contributed by atoms with E-state index >= 15 is 0 Å². The molecule has 0 spiro atoms. The number of benzene rings is 1. The number of aliphatic hydroxyl groups is 1. The van der Waals surface area contributed by atoms with Crippen LogP contribution in [-0.4, -0.2) is 56.0 Å². The van der Waals surface area contributed by atoms with Gasteiger partial charge in [-0.25, -0.2) is 0 Å². The minimum absolute atomic E-state index is 0.0552. The van der Waals surface area contributed by atoms with Gasteiger partial charge in [0.05, 0.1) is 18.1 Å². The highest BCUT2D eigenvalue weighted by Crippen LogP contribution is 2.36. The Morgan fingerprint density at radius 1 is 1.26 bits per heavy atom. The molecule has 3 aliphatic rings. The molecule has 7 heteroatoms. The molecule has 0 aromatic heterocycles. The largest absolute Gasteiger partial charge is 0.394 e. The van der Waals surface area contributed by atoms with Crippen molar-refractivity contribution in [3.05, 3.63) is 29.8 Å². The predicted molar refractivity (Wildman–Crippen MR) is 83.4 cm³/mol. The minimum Gasteiger partial charge on any atom is -0.394 e. The van der Waals surface area contributed by atoms with Crippen LogP contribution in [0.25, 0.3) is 0 Å². The maximum Gasteiger partial charge on any atom is 0.297 e. The Hall–Kier alpha value is -1.28. The van der Waals surface area contributed by atoms with Crippen molar-refractivity contribution >= 4 is 15.9 Å². The fraction of sp³-hybridized carbons (Fsp3) is 0.562. The molecule has 0 radical (unpaired) electrons. The molecule has 1 N–H and O–H groups in total. The highest BCUT2D eigenvalue weighted by Gasteiger charge is 2.53. The van der Waals surface area contributed by atoms with Crippen LogP contribution < -0.4 is 0 Å². The zero-order chi connectivity index (χ0) is 16.7. The van der Waals surface area contributed by atoms with E-state index in [0.29, 0.717) is 13.1 Å². The molecule has 0 aliphatic carbocycles. The third kappa shape index (κ3) is 2.82. The lowest BCUT2D eigenvalue weighted by atomic mass is 9.74. The number of hydrogen-bond acceptors (Lipinski definition) is 6. The van der Waals surface area contributed by atoms with Gasteiger partial charge in [0.1, 0.15) is 5.54 Å². The van der Waals surface area contributed by atoms with Crippen molar-refractivity contribution < 1.29 is 22.5 Å². The maximum atomic E-state index is 12.6. The Labute approximate surface area is 136 Å². The number of aliphatic hydroxyl groups excluding tert-OH is 1. The number of piperidine rings is 3. The summed E-state index contributed by atoms with van der Waals surface area (Å²) in [5.74, 6) is -0.200. The van der Waals surface area contributed by atoms with Gasteiger partial charge in [-0.1, -0.05) is 17.7 Å². The van der Waals surface area contributed by atoms with E-state index in [2.05, 4.69) is 0 Å². The topological polar surface area (TPSA) is 83.9 Å². The van der Waals surface area contributed by atoms with Crippen LogP contribution in [-0.2, 0) is 19.1 Å². The van der Waals surface area contributed by atoms with Crippen LogP contribution in [0.1, 0.15) is 18.4 Å². The minimum atomic E-state index is -3.95. The molecule has 3 aliphatic heterocycles. The Morgan fingerprint density at radius 3 is 2.39 bits per heavy atom. The van der Waals surface area contributed by atoms with Crippen molar-refractivity contribution in [2.45, 2.75) is 30.2 Å². The molecule has 3 heterocycles. The molecule has 1 unspecified atom stereocenters. The van der Waals surface area contributed by atoms with E-state index in [4.69, 9.17) is 4.18 Å². The third-order valence-corrected chi connectivity index (χ3v) is 6.23. The first-order chi connectivity index (χ1) is 10.9. The van der Waals surface area contributed by atoms with E-state index in [0.717, 1.165) is 18.4 Å². The van der Waals surface area contributed by atoms with Crippen molar-refractivity contribution in [1.29, 1.82) is 0 Å². The van der Waals surface area contributed by atoms with Crippen LogP contribution >= 0.6 is 0 Å². The average Bonchev–Trinajstić information content (AvgIpc) is 2.56. The second kappa shape index (κ2) is 5.98. The normalized spacial score (nSPS) is 30.6. The third-order valence-electron chi connectivity index (χ3n) is 4.95. The van der Waals surface area contributed by atoms with Gasteiger partial charge in [-0.05, 0) is 45.0 Å². The Morgan fingerprint density at radius 2 is 1.87 bits per heavy atom. The molecular formula is C16H21NO5S. The standard InChI is InChI=1S/C16H21NO5S/c1-12-2-4-14(5-3-12)23(20,21)22-11-16(10-18)15(19)13-6-8-17(16)9-7-13/h2-5,13,18H,6-11H2,1H3. The Bertz CT molecular complexity index is 692. The number of ketones is 1. The Balaban J connectivity index is 1.80. The van der Waals surface area contributed by atoms with Crippen LogP contribution in [0.3, 0.4) is 0 Å². The zero-order valence-electron chi connectivity index (χ0n) is 13.1. The van der Waals surface area contributed by atoms with Gasteiger partial charge in [-0.2, -0.15) is 8.42 Å². The zero-order valence-corrected chi connectivity index (χ0v) is 13.9. The van der Waals surface area contributed by atoms with Crippen LogP contribution in [0.4, 0.5) is 0 Å². The molecule has 3 saturated heterocycles. The number of aryl methyl sites for hydroxylation is 1. The molecule has 6 nitrogen and oxygen atoms in total. The quantitative estimate of drug-likeness (QED) is 0.796. The molecule has 1 aromatic carbocycles. The second-order valence-corrected chi connectivity index (χ2v) is 7.96. The summed E-state index contributed by atoms with van der Waals surface area (Å²) < 4.78 is 29.8. The average molecular weight is 339 g/mol. The Kier molecular flexibility index (Phi) is 4.31. The molecule has 126 valence electrons. The van der Waals surface area contributed by atoms with Gasteiger partial charge < -0.3 is 5.11 Å². The number of carbonyl (C=O) groups is 1. The molecule has 23 heavy (non-hydrogen) atoms. The van der Waals surface area contributed by atoms with Crippen molar-refractivity contribution in [1.82, 2.24) is 4.90 Å². The summed E-state index contributed by atoms with van der Waals surface area (Å²) >= 11 is 0. The van der Waals surface area contributed by atoms with Gasteiger partial charge >= 0.3 is 0 Å². The monoisotopic (exact) mass is 339 g/mol. The smallest absolute Gasteiger partial charge is 0.297 e. The SMILES string of the molecule is Cc1ccc(S(=O)(=O)OCC2(CO)C(=O)C3CCN2CC3)cc1. The highest BCUT2D eigenvalue weighted by atomic mass is 32.2. The molecule has 0 amide bonds. The van der Waals surface area contributed by atoms with Gasteiger partial charge in [0.25, 0.3) is 10.1 Å². The van der Waals surface area contributed by atoms with Gasteiger partial charge in [0.15, 0.2) is 5.78 Å². The lowest BCUT2D eigenvalue weighted by Gasteiger charge is -2.51. The first-order valence-corrected chi connectivity index (χ1v) is 9.16. The number of rotatable bonds is 5. The number of fused-ring (bicyclic) bond motifs is 3. The first-order valence-electron chi connectivity index (χ1n) is 7.75. The summed E-state index contributed by atoms with van der Waals surface area (Å²) in [5, 5.41) is 9.80. The first kappa shape index (κ1) is 16.6. The second-order valence-electron chi connectivity index (χ2n) is 6.34. The molecule has 1 aromatic rings. The number of nitrogens with zero attached hydrogens (tertiary/aromatic N) is 1. The number of Topliss-reactive ketones (excluding diaryl/α,β-unsaturated/α-hetero) is 1. The van der Waals surface area contributed by atoms with Crippen LogP contribution in [0.5, 0.6) is 0 Å². The van der Waals surface area contributed by atoms with Crippen LogP contribution in [0.15, 0.2) is 29.2 Å². The molecule has 4 rings (SSSR count). The van der Waals surface area contributed by atoms with Gasteiger partial charge in [-0.15, -0.1) is 0 Å². The molecule has 1 atom stereocenters. The fourth-order valence-corrected chi connectivity index (χ4v) is 4.40. The summed E-state index contributed by atoms with van der Waals surface area (Å²) in [4.78, 5) is 14.5. The lowest BCUT2D eigenvalue weighted by molar-refractivity contribution is -0.155. The predicted octanol–water partition coefficient (Wildman–Crippen LogP) is 0.726. The molecular weight excluding hydrogens is 318 g/mol. The summed E-state index contributed by atoms with van der Waals surface area (Å²) in [6, 6.07) is 6.33. The van der Waals surface area contributed by atoms with Crippen molar-refractivity contribution in [2.75, 3.05) is 26.3 Å². The van der Waals surface area contributed by atoms with Crippen LogP contribution in [0, 0.1) is 12.8 Å². The fourth-order valence-electron chi connectivity index (χ4n) is 3.44. The van der Waals surface area contributed by atoms with Gasteiger partial charge in [-0.3, -0.25) is 13.9 Å². The van der Waals surface area contributed by atoms with E-state index in [1.54, 1.807) is 12.1 Å². The summed E-state index contributed by atoms with van der Waals surface area (Å²) in [6.07, 6.45) is 1.54. The van der Waals surface area contributed by atoms with E-state index in [-0.39, 0.29) is 23.2 Å². The summed E-state index contributed by atoms with van der Waals surface area (Å²) in [5.41, 5.74) is -0.277.